The molecule has 1 fully saturated rings. The maximum atomic E-state index is 12.9. The molecule has 2 aliphatic heterocycles. The Morgan fingerprint density at radius 1 is 1.25 bits per heavy atom. The first-order valence-corrected chi connectivity index (χ1v) is 9.84. The van der Waals surface area contributed by atoms with Crippen molar-refractivity contribution in [2.24, 2.45) is 0 Å². The molecule has 0 bridgehead atoms. The summed E-state index contributed by atoms with van der Waals surface area (Å²) in [6.45, 7) is 5.89. The zero-order valence-corrected chi connectivity index (χ0v) is 16.1. The van der Waals surface area contributed by atoms with Crippen LogP contribution in [0.25, 0.3) is 0 Å². The van der Waals surface area contributed by atoms with Crippen molar-refractivity contribution in [1.29, 1.82) is 5.26 Å². The molecule has 2 aliphatic rings. The average molecular weight is 376 g/mol. The molecule has 28 heavy (non-hydrogen) atoms. The highest BCUT2D eigenvalue weighted by Crippen LogP contribution is 2.27. The van der Waals surface area contributed by atoms with Crippen molar-refractivity contribution in [2.45, 2.75) is 32.2 Å². The molecule has 6 nitrogen and oxygen atoms in total. The fourth-order valence-corrected chi connectivity index (χ4v) is 3.99. The number of hydrogen-bond donors (Lipinski definition) is 0. The number of rotatable bonds is 5. The molecule has 4 rings (SSSR count). The van der Waals surface area contributed by atoms with Crippen LogP contribution >= 0.6 is 0 Å². The largest absolute Gasteiger partial charge is 0.439 e. The Balaban J connectivity index is 1.41. The Kier molecular flexibility index (Phi) is 5.27. The second-order valence-electron chi connectivity index (χ2n) is 7.49. The second-order valence-corrected chi connectivity index (χ2v) is 7.49. The first kappa shape index (κ1) is 18.5. The predicted octanol–water partition coefficient (Wildman–Crippen LogP) is 3.23. The zero-order chi connectivity index (χ0) is 19.5. The van der Waals surface area contributed by atoms with Crippen LogP contribution in [0.15, 0.2) is 36.5 Å². The highest BCUT2D eigenvalue weighted by atomic mass is 16.5. The van der Waals surface area contributed by atoms with Crippen molar-refractivity contribution in [3.05, 3.63) is 53.2 Å². The summed E-state index contributed by atoms with van der Waals surface area (Å²) in [5.41, 5.74) is 2.27. The Hall–Kier alpha value is -2.91. The van der Waals surface area contributed by atoms with Gasteiger partial charge in [-0.25, -0.2) is 4.98 Å². The number of carbonyl (C=O) groups is 1. The molecule has 0 radical (unpaired) electrons. The van der Waals surface area contributed by atoms with E-state index in [1.165, 1.54) is 19.0 Å². The van der Waals surface area contributed by atoms with E-state index in [9.17, 15) is 4.79 Å². The van der Waals surface area contributed by atoms with Crippen LogP contribution < -0.4 is 4.74 Å². The van der Waals surface area contributed by atoms with E-state index in [0.29, 0.717) is 23.2 Å². The van der Waals surface area contributed by atoms with Gasteiger partial charge in [0, 0.05) is 43.5 Å². The van der Waals surface area contributed by atoms with E-state index in [1.807, 2.05) is 29.2 Å². The summed E-state index contributed by atoms with van der Waals surface area (Å²) in [6.07, 6.45) is 4.83. The van der Waals surface area contributed by atoms with E-state index in [0.717, 1.165) is 43.7 Å². The quantitative estimate of drug-likeness (QED) is 0.801. The Bertz CT molecular complexity index is 904. The van der Waals surface area contributed by atoms with Crippen molar-refractivity contribution in [1.82, 2.24) is 14.8 Å². The van der Waals surface area contributed by atoms with Gasteiger partial charge in [-0.2, -0.15) is 5.26 Å². The fourth-order valence-electron chi connectivity index (χ4n) is 3.99. The third-order valence-corrected chi connectivity index (χ3v) is 5.68. The molecule has 1 aromatic heterocycles. The van der Waals surface area contributed by atoms with Crippen LogP contribution in [0.1, 0.15) is 41.3 Å². The van der Waals surface area contributed by atoms with Gasteiger partial charge < -0.3 is 9.64 Å². The van der Waals surface area contributed by atoms with Crippen molar-refractivity contribution in [2.75, 3.05) is 26.2 Å². The van der Waals surface area contributed by atoms with E-state index in [1.54, 1.807) is 12.1 Å². The SMILES string of the molecule is C[C@@H]1CCCN1CCN1CCc2cc(Oc3ccc(C#N)cn3)ccc2C1=O. The lowest BCUT2D eigenvalue weighted by atomic mass is 9.98. The van der Waals surface area contributed by atoms with Gasteiger partial charge in [-0.1, -0.05) is 0 Å². The number of nitrogens with zero attached hydrogens (tertiary/aromatic N) is 4. The summed E-state index contributed by atoms with van der Waals surface area (Å²) >= 11 is 0. The number of pyridine rings is 1. The molecule has 1 amide bonds. The van der Waals surface area contributed by atoms with Gasteiger partial charge in [0.15, 0.2) is 0 Å². The van der Waals surface area contributed by atoms with Crippen molar-refractivity contribution < 1.29 is 9.53 Å². The minimum Gasteiger partial charge on any atom is -0.439 e. The second kappa shape index (κ2) is 7.99. The number of ether oxygens (including phenoxy) is 1. The van der Waals surface area contributed by atoms with Crippen molar-refractivity contribution in [3.63, 3.8) is 0 Å². The third kappa shape index (κ3) is 3.85. The summed E-state index contributed by atoms with van der Waals surface area (Å²) in [6, 6.07) is 11.6. The summed E-state index contributed by atoms with van der Waals surface area (Å²) in [4.78, 5) is 21.4. The number of fused-ring (bicyclic) bond motifs is 1. The topological polar surface area (TPSA) is 69.5 Å². The molecule has 6 heteroatoms. The van der Waals surface area contributed by atoms with Gasteiger partial charge in [-0.15, -0.1) is 0 Å². The highest BCUT2D eigenvalue weighted by molar-refractivity contribution is 5.97. The van der Waals surface area contributed by atoms with Crippen LogP contribution in [-0.4, -0.2) is 52.9 Å². The molecular weight excluding hydrogens is 352 g/mol. The average Bonchev–Trinajstić information content (AvgIpc) is 3.13. The molecule has 0 aliphatic carbocycles. The summed E-state index contributed by atoms with van der Waals surface area (Å²) in [7, 11) is 0. The lowest BCUT2D eigenvalue weighted by Gasteiger charge is -2.31. The molecule has 2 aromatic rings. The molecular formula is C22H24N4O2. The summed E-state index contributed by atoms with van der Waals surface area (Å²) in [5.74, 6) is 1.20. The summed E-state index contributed by atoms with van der Waals surface area (Å²) in [5, 5.41) is 8.84. The van der Waals surface area contributed by atoms with Gasteiger partial charge in [0.1, 0.15) is 11.8 Å². The van der Waals surface area contributed by atoms with E-state index in [-0.39, 0.29) is 5.91 Å². The molecule has 144 valence electrons. The van der Waals surface area contributed by atoms with Crippen LogP contribution in [0.3, 0.4) is 0 Å². The maximum absolute atomic E-state index is 12.9. The molecule has 1 saturated heterocycles. The Morgan fingerprint density at radius 3 is 2.86 bits per heavy atom. The normalized spacial score (nSPS) is 19.4. The van der Waals surface area contributed by atoms with Crippen LogP contribution in [0.4, 0.5) is 0 Å². The van der Waals surface area contributed by atoms with Crippen LogP contribution in [0.2, 0.25) is 0 Å². The van der Waals surface area contributed by atoms with Crippen LogP contribution in [0, 0.1) is 11.3 Å². The minimum atomic E-state index is 0.108. The molecule has 0 spiro atoms. The molecule has 0 N–H and O–H groups in total. The van der Waals surface area contributed by atoms with Crippen molar-refractivity contribution >= 4 is 5.91 Å². The molecule has 0 saturated carbocycles. The van der Waals surface area contributed by atoms with Gasteiger partial charge >= 0.3 is 0 Å². The number of hydrogen-bond acceptors (Lipinski definition) is 5. The van der Waals surface area contributed by atoms with E-state index < -0.39 is 0 Å². The fraction of sp³-hybridized carbons (Fsp3) is 0.409. The van der Waals surface area contributed by atoms with Gasteiger partial charge in [-0.05, 0) is 62.6 Å². The number of benzene rings is 1. The van der Waals surface area contributed by atoms with Gasteiger partial charge in [0.2, 0.25) is 5.88 Å². The Labute approximate surface area is 165 Å². The standard InChI is InChI=1S/C22H24N4O2/c1-16-3-2-9-25(16)11-12-26-10-8-18-13-19(5-6-20(18)22(26)27)28-21-7-4-17(14-23)15-24-21/h4-7,13,15-16H,2-3,8-12H2,1H3/t16-/m1/s1. The van der Waals surface area contributed by atoms with Crippen LogP contribution in [-0.2, 0) is 6.42 Å². The molecule has 1 atom stereocenters. The minimum absolute atomic E-state index is 0.108. The number of carbonyl (C=O) groups excluding carboxylic acids is 1. The van der Waals surface area contributed by atoms with E-state index >= 15 is 0 Å². The molecule has 0 unspecified atom stereocenters. The van der Waals surface area contributed by atoms with Gasteiger partial charge in [-0.3, -0.25) is 9.69 Å². The van der Waals surface area contributed by atoms with Gasteiger partial charge in [0.25, 0.3) is 5.91 Å². The predicted molar refractivity (Wildman–Crippen MR) is 105 cm³/mol. The smallest absolute Gasteiger partial charge is 0.254 e. The zero-order valence-electron chi connectivity index (χ0n) is 16.1. The van der Waals surface area contributed by atoms with E-state index in [4.69, 9.17) is 10.00 Å². The maximum Gasteiger partial charge on any atom is 0.254 e. The summed E-state index contributed by atoms with van der Waals surface area (Å²) < 4.78 is 5.78. The Morgan fingerprint density at radius 2 is 2.14 bits per heavy atom. The first-order valence-electron chi connectivity index (χ1n) is 9.84. The van der Waals surface area contributed by atoms with Gasteiger partial charge in [0.05, 0.1) is 5.56 Å². The first-order chi connectivity index (χ1) is 13.6. The van der Waals surface area contributed by atoms with Crippen LogP contribution in [0.5, 0.6) is 11.6 Å². The molecule has 3 heterocycles. The monoisotopic (exact) mass is 376 g/mol. The lowest BCUT2D eigenvalue weighted by molar-refractivity contribution is 0.0716. The van der Waals surface area contributed by atoms with Crippen molar-refractivity contribution in [3.8, 4) is 17.7 Å². The number of amides is 1. The third-order valence-electron chi connectivity index (χ3n) is 5.68. The molecule has 1 aromatic carbocycles. The van der Waals surface area contributed by atoms with E-state index in [2.05, 4.69) is 16.8 Å². The number of nitriles is 1. The highest BCUT2D eigenvalue weighted by Gasteiger charge is 2.26. The number of aromatic nitrogens is 1. The lowest BCUT2D eigenvalue weighted by Crippen LogP contribution is -2.43. The number of likely N-dealkylation sites (tertiary alicyclic amines) is 1.